The smallest absolute Gasteiger partial charge is 0.301 e. The number of H-pyrrole nitrogens is 2. The molecule has 0 unspecified atom stereocenters. The van der Waals surface area contributed by atoms with E-state index in [1.807, 2.05) is 35.3 Å². The molecule has 0 amide bonds. The lowest BCUT2D eigenvalue weighted by Crippen LogP contribution is -2.25. The Hall–Kier alpha value is -3.22. The fraction of sp³-hybridized carbons (Fsp3) is 0. The molecule has 0 aliphatic rings. The van der Waals surface area contributed by atoms with E-state index in [9.17, 15) is 19.7 Å². The molecule has 0 fully saturated rings. The van der Waals surface area contributed by atoms with Gasteiger partial charge in [-0.3, -0.25) is 19.9 Å². The quantitative estimate of drug-likeness (QED) is 0.506. The summed E-state index contributed by atoms with van der Waals surface area (Å²) >= 11 is 0. The normalized spacial score (nSPS) is 11.2. The minimum Gasteiger partial charge on any atom is -0.301 e. The van der Waals surface area contributed by atoms with Crippen LogP contribution in [0.2, 0.25) is 0 Å². The predicted molar refractivity (Wildman–Crippen MR) is 78.8 cm³/mol. The van der Waals surface area contributed by atoms with Gasteiger partial charge in [-0.05, 0) is 11.6 Å². The van der Waals surface area contributed by atoms with Gasteiger partial charge in [-0.15, -0.1) is 0 Å². The number of aromatic amines is 2. The highest BCUT2D eigenvalue weighted by atomic mass is 16.6. The first-order valence-corrected chi connectivity index (χ1v) is 5.99. The van der Waals surface area contributed by atoms with E-state index in [1.165, 1.54) is 12.2 Å². The Morgan fingerprint density at radius 3 is 2.33 bits per heavy atom. The van der Waals surface area contributed by atoms with Gasteiger partial charge in [0.25, 0.3) is 0 Å². The second-order valence-corrected chi connectivity index (χ2v) is 4.06. The Bertz CT molecular complexity index is 816. The zero-order chi connectivity index (χ0) is 15.2. The van der Waals surface area contributed by atoms with Crippen molar-refractivity contribution in [3.05, 3.63) is 84.7 Å². The molecule has 0 atom stereocenters. The number of nitrogens with zero attached hydrogens (tertiary/aromatic N) is 1. The van der Waals surface area contributed by atoms with E-state index in [-0.39, 0.29) is 5.69 Å². The SMILES string of the molecule is O=c1[nH]c(C=CC=Cc2ccccc2)c([N+](=O)[O-])c(=O)[nH]1. The lowest BCUT2D eigenvalue weighted by atomic mass is 10.2. The number of benzene rings is 1. The van der Waals surface area contributed by atoms with Crippen molar-refractivity contribution in [2.45, 2.75) is 0 Å². The molecule has 7 heteroatoms. The first kappa shape index (κ1) is 14.2. The third kappa shape index (κ3) is 3.63. The van der Waals surface area contributed by atoms with Gasteiger partial charge in [0.15, 0.2) is 0 Å². The van der Waals surface area contributed by atoms with Gasteiger partial charge >= 0.3 is 16.9 Å². The lowest BCUT2D eigenvalue weighted by molar-refractivity contribution is -0.386. The summed E-state index contributed by atoms with van der Waals surface area (Å²) in [7, 11) is 0. The van der Waals surface area contributed by atoms with Crippen molar-refractivity contribution in [2.75, 3.05) is 0 Å². The maximum absolute atomic E-state index is 11.4. The Balaban J connectivity index is 2.29. The summed E-state index contributed by atoms with van der Waals surface area (Å²) < 4.78 is 0. The third-order valence-corrected chi connectivity index (χ3v) is 2.59. The molecule has 106 valence electrons. The molecule has 1 heterocycles. The van der Waals surface area contributed by atoms with Crippen LogP contribution in [0.25, 0.3) is 12.2 Å². The van der Waals surface area contributed by atoms with Gasteiger partial charge in [0.1, 0.15) is 5.69 Å². The topological polar surface area (TPSA) is 109 Å². The molecular formula is C14H11N3O4. The predicted octanol–water partition coefficient (Wildman–Crippen LogP) is 1.70. The minimum atomic E-state index is -1.03. The standard InChI is InChI=1S/C14H11N3O4/c18-13-12(17(20)21)11(15-14(19)16-13)9-5-4-8-10-6-2-1-3-7-10/h1-9H,(H2,15,16,18,19). The largest absolute Gasteiger partial charge is 0.357 e. The molecule has 7 nitrogen and oxygen atoms in total. The van der Waals surface area contributed by atoms with Crippen LogP contribution in [0.1, 0.15) is 11.3 Å². The second-order valence-electron chi connectivity index (χ2n) is 4.06. The summed E-state index contributed by atoms with van der Waals surface area (Å²) in [6, 6.07) is 9.42. The van der Waals surface area contributed by atoms with Crippen LogP contribution in [-0.2, 0) is 0 Å². The second kappa shape index (κ2) is 6.29. The summed E-state index contributed by atoms with van der Waals surface area (Å²) in [5, 5.41) is 10.8. The number of hydrogen-bond acceptors (Lipinski definition) is 4. The zero-order valence-corrected chi connectivity index (χ0v) is 10.8. The van der Waals surface area contributed by atoms with Crippen LogP contribution < -0.4 is 11.2 Å². The molecule has 2 rings (SSSR count). The summed E-state index contributed by atoms with van der Waals surface area (Å²) in [6.07, 6.45) is 6.24. The Kier molecular flexibility index (Phi) is 4.25. The van der Waals surface area contributed by atoms with Crippen LogP contribution in [0.4, 0.5) is 5.69 Å². The highest BCUT2D eigenvalue weighted by Gasteiger charge is 2.18. The minimum absolute atomic E-state index is 0.147. The monoisotopic (exact) mass is 285 g/mol. The van der Waals surface area contributed by atoms with Crippen molar-refractivity contribution in [3.63, 3.8) is 0 Å². The first-order chi connectivity index (χ1) is 10.1. The first-order valence-electron chi connectivity index (χ1n) is 5.99. The van der Waals surface area contributed by atoms with Crippen molar-refractivity contribution in [3.8, 4) is 0 Å². The van der Waals surface area contributed by atoms with Gasteiger partial charge in [0.2, 0.25) is 0 Å². The van der Waals surface area contributed by atoms with Crippen LogP contribution in [0.3, 0.4) is 0 Å². The van der Waals surface area contributed by atoms with E-state index in [0.717, 1.165) is 5.56 Å². The molecule has 1 aromatic carbocycles. The van der Waals surface area contributed by atoms with Crippen LogP contribution >= 0.6 is 0 Å². The average Bonchev–Trinajstić information content (AvgIpc) is 2.43. The lowest BCUT2D eigenvalue weighted by Gasteiger charge is -1.95. The molecule has 0 bridgehead atoms. The Morgan fingerprint density at radius 1 is 1.00 bits per heavy atom. The Labute approximate surface area is 118 Å². The number of nitrogens with one attached hydrogen (secondary N) is 2. The zero-order valence-electron chi connectivity index (χ0n) is 10.8. The fourth-order valence-electron chi connectivity index (χ4n) is 1.68. The molecule has 0 spiro atoms. The van der Waals surface area contributed by atoms with E-state index < -0.39 is 21.9 Å². The molecule has 0 saturated carbocycles. The van der Waals surface area contributed by atoms with Crippen LogP contribution in [-0.4, -0.2) is 14.9 Å². The summed E-state index contributed by atoms with van der Waals surface area (Å²) in [5.41, 5.74) is -1.71. The maximum Gasteiger partial charge on any atom is 0.357 e. The van der Waals surface area contributed by atoms with Crippen molar-refractivity contribution >= 4 is 17.8 Å². The number of rotatable bonds is 4. The molecule has 0 radical (unpaired) electrons. The van der Waals surface area contributed by atoms with E-state index in [1.54, 1.807) is 12.2 Å². The highest BCUT2D eigenvalue weighted by molar-refractivity contribution is 5.59. The molecule has 1 aromatic heterocycles. The molecular weight excluding hydrogens is 274 g/mol. The van der Waals surface area contributed by atoms with Crippen LogP contribution in [0.5, 0.6) is 0 Å². The van der Waals surface area contributed by atoms with Gasteiger partial charge in [-0.25, -0.2) is 4.79 Å². The molecule has 2 N–H and O–H groups in total. The van der Waals surface area contributed by atoms with Gasteiger partial charge in [-0.1, -0.05) is 48.6 Å². The van der Waals surface area contributed by atoms with E-state index in [2.05, 4.69) is 4.98 Å². The number of allylic oxidation sites excluding steroid dienone is 2. The van der Waals surface area contributed by atoms with Gasteiger partial charge in [-0.2, -0.15) is 0 Å². The van der Waals surface area contributed by atoms with Crippen LogP contribution in [0, 0.1) is 10.1 Å². The van der Waals surface area contributed by atoms with Gasteiger partial charge in [0.05, 0.1) is 4.92 Å². The number of hydrogen-bond donors (Lipinski definition) is 2. The Morgan fingerprint density at radius 2 is 1.67 bits per heavy atom. The molecule has 0 aliphatic carbocycles. The molecule has 0 saturated heterocycles. The summed E-state index contributed by atoms with van der Waals surface area (Å²) in [6.45, 7) is 0. The van der Waals surface area contributed by atoms with Crippen molar-refractivity contribution < 1.29 is 4.92 Å². The van der Waals surface area contributed by atoms with Crippen LogP contribution in [0.15, 0.2) is 52.1 Å². The van der Waals surface area contributed by atoms with Crippen molar-refractivity contribution in [1.82, 2.24) is 9.97 Å². The van der Waals surface area contributed by atoms with Gasteiger partial charge < -0.3 is 4.98 Å². The van der Waals surface area contributed by atoms with E-state index in [4.69, 9.17) is 0 Å². The maximum atomic E-state index is 11.4. The van der Waals surface area contributed by atoms with E-state index in [0.29, 0.717) is 0 Å². The van der Waals surface area contributed by atoms with E-state index >= 15 is 0 Å². The molecule has 0 aliphatic heterocycles. The molecule has 21 heavy (non-hydrogen) atoms. The molecule has 2 aromatic rings. The number of aromatic nitrogens is 2. The summed E-state index contributed by atoms with van der Waals surface area (Å²) in [5.74, 6) is 0. The van der Waals surface area contributed by atoms with Crippen molar-refractivity contribution in [2.24, 2.45) is 0 Å². The number of nitro groups is 1. The average molecular weight is 285 g/mol. The van der Waals surface area contributed by atoms with Gasteiger partial charge in [0, 0.05) is 0 Å². The fourth-order valence-corrected chi connectivity index (χ4v) is 1.68. The summed E-state index contributed by atoms with van der Waals surface area (Å²) in [4.78, 5) is 36.6. The van der Waals surface area contributed by atoms with Crippen molar-refractivity contribution in [1.29, 1.82) is 0 Å². The third-order valence-electron chi connectivity index (χ3n) is 2.59. The highest BCUT2D eigenvalue weighted by Crippen LogP contribution is 2.10.